The Morgan fingerprint density at radius 1 is 1.21 bits per heavy atom. The predicted octanol–water partition coefficient (Wildman–Crippen LogP) is 1.56. The quantitative estimate of drug-likeness (QED) is 0.676. The molecule has 1 aliphatic rings. The second-order valence-electron chi connectivity index (χ2n) is 3.76. The Balaban J connectivity index is 0.000000461. The lowest BCUT2D eigenvalue weighted by Gasteiger charge is -2.25. The van der Waals surface area contributed by atoms with Crippen molar-refractivity contribution in [2.24, 2.45) is 5.73 Å². The van der Waals surface area contributed by atoms with Crippen LogP contribution in [0.15, 0.2) is 18.2 Å². The molecule has 0 amide bonds. The van der Waals surface area contributed by atoms with Gasteiger partial charge in [-0.25, -0.2) is 0 Å². The highest BCUT2D eigenvalue weighted by atomic mass is 15.1. The van der Waals surface area contributed by atoms with Crippen LogP contribution in [0.25, 0.3) is 0 Å². The highest BCUT2D eigenvalue weighted by Gasteiger charge is 2.11. The summed E-state index contributed by atoms with van der Waals surface area (Å²) in [6, 6.07) is 6.80. The lowest BCUT2D eigenvalue weighted by molar-refractivity contribution is 0.313. The summed E-state index contributed by atoms with van der Waals surface area (Å²) in [6.45, 7) is 4.49. The first-order chi connectivity index (χ1) is 6.75. The summed E-state index contributed by atoms with van der Waals surface area (Å²) < 4.78 is 0. The first-order valence-corrected chi connectivity index (χ1v) is 5.10. The molecule has 0 fully saturated rings. The summed E-state index contributed by atoms with van der Waals surface area (Å²) in [5.41, 5.74) is 8.94. The Morgan fingerprint density at radius 2 is 1.93 bits per heavy atom. The van der Waals surface area contributed by atoms with Gasteiger partial charge in [-0.05, 0) is 38.6 Å². The van der Waals surface area contributed by atoms with Crippen molar-refractivity contribution in [2.45, 2.75) is 19.9 Å². The monoisotopic (exact) mass is 192 g/mol. The summed E-state index contributed by atoms with van der Waals surface area (Å²) in [6.07, 6.45) is 1.21. The van der Waals surface area contributed by atoms with E-state index in [0.717, 1.165) is 6.54 Å². The number of likely N-dealkylation sites (N-methyl/N-ethyl adjacent to an activating group) is 1. The first-order valence-electron chi connectivity index (χ1n) is 5.10. The van der Waals surface area contributed by atoms with Gasteiger partial charge in [-0.2, -0.15) is 0 Å². The van der Waals surface area contributed by atoms with Gasteiger partial charge in [0.15, 0.2) is 0 Å². The number of hydrogen-bond acceptors (Lipinski definition) is 2. The molecule has 0 aromatic heterocycles. The molecular weight excluding hydrogens is 172 g/mol. The Bertz CT molecular complexity index is 294. The molecule has 0 bridgehead atoms. The van der Waals surface area contributed by atoms with E-state index in [0.29, 0.717) is 0 Å². The summed E-state index contributed by atoms with van der Waals surface area (Å²) in [5, 5.41) is 0. The largest absolute Gasteiger partial charge is 0.333 e. The van der Waals surface area contributed by atoms with E-state index in [1.807, 2.05) is 0 Å². The van der Waals surface area contributed by atoms with E-state index in [1.54, 1.807) is 5.56 Å². The van der Waals surface area contributed by atoms with Crippen molar-refractivity contribution < 1.29 is 0 Å². The Hall–Kier alpha value is -0.860. The van der Waals surface area contributed by atoms with Crippen LogP contribution in [-0.4, -0.2) is 25.5 Å². The third-order valence-corrected chi connectivity index (χ3v) is 2.56. The summed E-state index contributed by atoms with van der Waals surface area (Å²) in [4.78, 5) is 2.38. The SMILES string of the molecule is CN.Cc1ccc2c(c1)CN(C)CC2. The lowest BCUT2D eigenvalue weighted by atomic mass is 9.98. The summed E-state index contributed by atoms with van der Waals surface area (Å²) in [5.74, 6) is 0. The fraction of sp³-hybridized carbons (Fsp3) is 0.500. The van der Waals surface area contributed by atoms with Gasteiger partial charge in [0.1, 0.15) is 0 Å². The second kappa shape index (κ2) is 5.13. The number of fused-ring (bicyclic) bond motifs is 1. The molecule has 0 aliphatic carbocycles. The van der Waals surface area contributed by atoms with Crippen molar-refractivity contribution in [1.82, 2.24) is 4.90 Å². The molecule has 0 spiro atoms. The molecule has 0 unspecified atom stereocenters. The van der Waals surface area contributed by atoms with Crippen LogP contribution in [0, 0.1) is 6.92 Å². The molecule has 0 saturated heterocycles. The zero-order valence-corrected chi connectivity index (χ0v) is 9.38. The van der Waals surface area contributed by atoms with Gasteiger partial charge < -0.3 is 10.6 Å². The molecule has 1 heterocycles. The molecule has 2 rings (SSSR count). The normalized spacial score (nSPS) is 15.4. The smallest absolute Gasteiger partial charge is 0.0233 e. The van der Waals surface area contributed by atoms with Crippen LogP contribution in [0.5, 0.6) is 0 Å². The van der Waals surface area contributed by atoms with E-state index < -0.39 is 0 Å². The van der Waals surface area contributed by atoms with Gasteiger partial charge in [0.05, 0.1) is 0 Å². The molecule has 14 heavy (non-hydrogen) atoms. The molecule has 78 valence electrons. The van der Waals surface area contributed by atoms with Crippen molar-refractivity contribution in [3.8, 4) is 0 Å². The Labute approximate surface area is 86.7 Å². The van der Waals surface area contributed by atoms with Crippen molar-refractivity contribution in [1.29, 1.82) is 0 Å². The van der Waals surface area contributed by atoms with Crippen molar-refractivity contribution in [3.05, 3.63) is 34.9 Å². The maximum Gasteiger partial charge on any atom is 0.0233 e. The summed E-state index contributed by atoms with van der Waals surface area (Å²) >= 11 is 0. The molecule has 2 N–H and O–H groups in total. The fourth-order valence-corrected chi connectivity index (χ4v) is 1.83. The highest BCUT2D eigenvalue weighted by Crippen LogP contribution is 2.18. The maximum atomic E-state index is 4.50. The van der Waals surface area contributed by atoms with Crippen molar-refractivity contribution in [2.75, 3.05) is 20.6 Å². The molecule has 0 atom stereocenters. The molecule has 0 saturated carbocycles. The van der Waals surface area contributed by atoms with E-state index in [-0.39, 0.29) is 0 Å². The van der Waals surface area contributed by atoms with Crippen molar-refractivity contribution >= 4 is 0 Å². The average Bonchev–Trinajstić information content (AvgIpc) is 2.20. The zero-order chi connectivity index (χ0) is 10.6. The van der Waals surface area contributed by atoms with E-state index >= 15 is 0 Å². The molecule has 2 heteroatoms. The Kier molecular flexibility index (Phi) is 4.11. The van der Waals surface area contributed by atoms with Gasteiger partial charge in [0.25, 0.3) is 0 Å². The number of benzene rings is 1. The van der Waals surface area contributed by atoms with Crippen molar-refractivity contribution in [3.63, 3.8) is 0 Å². The zero-order valence-electron chi connectivity index (χ0n) is 9.38. The van der Waals surface area contributed by atoms with Gasteiger partial charge in [-0.1, -0.05) is 23.8 Å². The van der Waals surface area contributed by atoms with Crippen LogP contribution >= 0.6 is 0 Å². The number of hydrogen-bond donors (Lipinski definition) is 1. The number of nitrogens with zero attached hydrogens (tertiary/aromatic N) is 1. The maximum absolute atomic E-state index is 4.50. The van der Waals surface area contributed by atoms with Crippen LogP contribution in [-0.2, 0) is 13.0 Å². The fourth-order valence-electron chi connectivity index (χ4n) is 1.83. The van der Waals surface area contributed by atoms with Crippen LogP contribution in [0.1, 0.15) is 16.7 Å². The lowest BCUT2D eigenvalue weighted by Crippen LogP contribution is -2.26. The van der Waals surface area contributed by atoms with Crippen LogP contribution in [0.2, 0.25) is 0 Å². The Morgan fingerprint density at radius 3 is 2.64 bits per heavy atom. The number of rotatable bonds is 0. The molecule has 1 aromatic carbocycles. The molecule has 1 aliphatic heterocycles. The van der Waals surface area contributed by atoms with E-state index in [4.69, 9.17) is 0 Å². The van der Waals surface area contributed by atoms with Gasteiger partial charge in [-0.15, -0.1) is 0 Å². The standard InChI is InChI=1S/C11H15N.CH5N/c1-9-3-4-10-5-6-12(2)8-11(10)7-9;1-2/h3-4,7H,5-6,8H2,1-2H3;2H2,1H3. The minimum Gasteiger partial charge on any atom is -0.333 e. The highest BCUT2D eigenvalue weighted by molar-refractivity contribution is 5.33. The topological polar surface area (TPSA) is 29.3 Å². The van der Waals surface area contributed by atoms with Gasteiger partial charge >= 0.3 is 0 Å². The van der Waals surface area contributed by atoms with Gasteiger partial charge in [0, 0.05) is 13.1 Å². The molecular formula is C12H20N2. The van der Waals surface area contributed by atoms with Gasteiger partial charge in [-0.3, -0.25) is 0 Å². The minimum atomic E-state index is 1.12. The van der Waals surface area contributed by atoms with E-state index in [9.17, 15) is 0 Å². The van der Waals surface area contributed by atoms with Crippen LogP contribution in [0.3, 0.4) is 0 Å². The average molecular weight is 192 g/mol. The number of aryl methyl sites for hydroxylation is 1. The summed E-state index contributed by atoms with van der Waals surface area (Å²) in [7, 11) is 3.69. The second-order valence-corrected chi connectivity index (χ2v) is 3.76. The third kappa shape index (κ3) is 2.56. The first kappa shape index (κ1) is 11.2. The molecule has 1 aromatic rings. The molecule has 2 nitrogen and oxygen atoms in total. The van der Waals surface area contributed by atoms with Gasteiger partial charge in [0.2, 0.25) is 0 Å². The molecule has 0 radical (unpaired) electrons. The van der Waals surface area contributed by atoms with E-state index in [2.05, 4.69) is 42.8 Å². The third-order valence-electron chi connectivity index (χ3n) is 2.56. The predicted molar refractivity (Wildman–Crippen MR) is 61.3 cm³/mol. The van der Waals surface area contributed by atoms with Crippen LogP contribution < -0.4 is 5.73 Å². The van der Waals surface area contributed by atoms with E-state index in [1.165, 1.54) is 31.1 Å². The van der Waals surface area contributed by atoms with Crippen LogP contribution in [0.4, 0.5) is 0 Å². The number of nitrogens with two attached hydrogens (primary N) is 1. The minimum absolute atomic E-state index is 1.12.